The fraction of sp³-hybridized carbons (Fsp3) is 0.227. The number of fused-ring (bicyclic) bond motifs is 1. The van der Waals surface area contributed by atoms with Gasteiger partial charge in [0.05, 0.1) is 13.0 Å². The number of ether oxygens (including phenoxy) is 1. The summed E-state index contributed by atoms with van der Waals surface area (Å²) in [7, 11) is 0.335. The number of benzene rings is 2. The monoisotopic (exact) mass is 400 g/mol. The van der Waals surface area contributed by atoms with Gasteiger partial charge in [-0.05, 0) is 77.6 Å². The van der Waals surface area contributed by atoms with Gasteiger partial charge in [-0.2, -0.15) is 0 Å². The van der Waals surface area contributed by atoms with Gasteiger partial charge in [0.25, 0.3) is 0 Å². The van der Waals surface area contributed by atoms with E-state index in [0.29, 0.717) is 11.1 Å². The van der Waals surface area contributed by atoms with E-state index in [1.165, 1.54) is 13.2 Å². The van der Waals surface area contributed by atoms with Gasteiger partial charge in [-0.1, -0.05) is 12.1 Å². The van der Waals surface area contributed by atoms with Gasteiger partial charge in [0, 0.05) is 22.0 Å². The minimum atomic E-state index is -1.06. The molecule has 2 unspecified atom stereocenters. The maximum atomic E-state index is 14.3. The Balaban J connectivity index is 2.20. The van der Waals surface area contributed by atoms with Crippen LogP contribution < -0.4 is 4.74 Å². The first kappa shape index (κ1) is 20.0. The zero-order valence-electron chi connectivity index (χ0n) is 16.1. The molecule has 0 saturated heterocycles. The summed E-state index contributed by atoms with van der Waals surface area (Å²) in [6.07, 6.45) is 3.55. The molecule has 1 aliphatic rings. The molecular formula is C22H21FO4S. The second kappa shape index (κ2) is 7.72. The molecule has 6 heteroatoms. The maximum absolute atomic E-state index is 14.3. The van der Waals surface area contributed by atoms with Crippen molar-refractivity contribution in [3.8, 4) is 5.75 Å². The molecule has 0 spiro atoms. The van der Waals surface area contributed by atoms with Crippen LogP contribution in [0.2, 0.25) is 0 Å². The van der Waals surface area contributed by atoms with E-state index in [9.17, 15) is 18.5 Å². The number of methoxy groups -OCH3 is 1. The first-order valence-corrected chi connectivity index (χ1v) is 10.3. The average Bonchev–Trinajstić information content (AvgIpc) is 2.91. The number of carbonyl (C=O) groups is 1. The SMILES string of the molecule is COc1cc2c(cc1F)C(C(C)C(=O)O)=C(C)C2=Cc1ccc(S(C)=O)cc1. The number of hydrogen-bond acceptors (Lipinski definition) is 3. The summed E-state index contributed by atoms with van der Waals surface area (Å²) < 4.78 is 31.0. The van der Waals surface area contributed by atoms with Crippen molar-refractivity contribution in [2.75, 3.05) is 13.4 Å². The number of carboxylic acid groups (broad SMARTS) is 1. The van der Waals surface area contributed by atoms with Crippen LogP contribution in [0, 0.1) is 11.7 Å². The van der Waals surface area contributed by atoms with Gasteiger partial charge in [0.1, 0.15) is 0 Å². The summed E-state index contributed by atoms with van der Waals surface area (Å²) in [5.41, 5.74) is 4.40. The molecule has 4 nitrogen and oxygen atoms in total. The van der Waals surface area contributed by atoms with Crippen molar-refractivity contribution < 1.29 is 23.2 Å². The number of hydrogen-bond donors (Lipinski definition) is 1. The van der Waals surface area contributed by atoms with Gasteiger partial charge in [0.2, 0.25) is 0 Å². The normalized spacial score (nSPS) is 16.8. The van der Waals surface area contributed by atoms with Crippen LogP contribution in [0.1, 0.15) is 30.5 Å². The quantitative estimate of drug-likeness (QED) is 0.795. The van der Waals surface area contributed by atoms with Crippen LogP contribution in [0.3, 0.4) is 0 Å². The van der Waals surface area contributed by atoms with Crippen LogP contribution in [0.5, 0.6) is 5.75 Å². The minimum absolute atomic E-state index is 0.110. The summed E-state index contributed by atoms with van der Waals surface area (Å²) in [5, 5.41) is 9.51. The molecule has 2 aromatic carbocycles. The molecule has 2 atom stereocenters. The number of aliphatic carboxylic acids is 1. The van der Waals surface area contributed by atoms with Crippen molar-refractivity contribution in [1.29, 1.82) is 0 Å². The Morgan fingerprint density at radius 2 is 1.86 bits per heavy atom. The first-order chi connectivity index (χ1) is 13.2. The van der Waals surface area contributed by atoms with Crippen LogP contribution in [-0.2, 0) is 15.6 Å². The van der Waals surface area contributed by atoms with Gasteiger partial charge < -0.3 is 9.84 Å². The smallest absolute Gasteiger partial charge is 0.310 e. The van der Waals surface area contributed by atoms with E-state index >= 15 is 0 Å². The number of rotatable bonds is 5. The molecular weight excluding hydrogens is 379 g/mol. The standard InChI is InChI=1S/C22H21FO4S/c1-12-16(9-14-5-7-15(8-6-14)28(4)26)17-11-20(27-3)19(23)10-18(17)21(12)13(2)22(24)25/h5-11,13H,1-4H3,(H,24,25). The second-order valence-corrected chi connectivity index (χ2v) is 8.09. The lowest BCUT2D eigenvalue weighted by Gasteiger charge is -2.12. The van der Waals surface area contributed by atoms with Gasteiger partial charge in [-0.25, -0.2) is 4.39 Å². The van der Waals surface area contributed by atoms with Crippen molar-refractivity contribution >= 4 is 34.0 Å². The minimum Gasteiger partial charge on any atom is -0.494 e. The lowest BCUT2D eigenvalue weighted by molar-refractivity contribution is -0.139. The van der Waals surface area contributed by atoms with E-state index in [1.807, 2.05) is 25.1 Å². The Morgan fingerprint density at radius 1 is 1.21 bits per heavy atom. The molecule has 0 amide bonds. The number of carboxylic acids is 1. The van der Waals surface area contributed by atoms with Crippen molar-refractivity contribution in [2.45, 2.75) is 18.7 Å². The largest absolute Gasteiger partial charge is 0.494 e. The summed E-state index contributed by atoms with van der Waals surface area (Å²) in [6.45, 7) is 3.45. The summed E-state index contributed by atoms with van der Waals surface area (Å²) in [6, 6.07) is 10.3. The van der Waals surface area contributed by atoms with Crippen molar-refractivity contribution in [1.82, 2.24) is 0 Å². The Kier molecular flexibility index (Phi) is 5.52. The Bertz CT molecular complexity index is 1040. The number of halogens is 1. The van der Waals surface area contributed by atoms with Crippen molar-refractivity contribution in [3.63, 3.8) is 0 Å². The third-order valence-corrected chi connectivity index (χ3v) is 5.94. The van der Waals surface area contributed by atoms with Gasteiger partial charge in [-0.15, -0.1) is 0 Å². The van der Waals surface area contributed by atoms with Gasteiger partial charge in [-0.3, -0.25) is 9.00 Å². The molecule has 2 aromatic rings. The molecule has 0 aliphatic heterocycles. The molecule has 0 radical (unpaired) electrons. The molecule has 1 N–H and O–H groups in total. The highest BCUT2D eigenvalue weighted by Gasteiger charge is 2.31. The molecule has 0 heterocycles. The molecule has 0 fully saturated rings. The maximum Gasteiger partial charge on any atom is 0.310 e. The first-order valence-electron chi connectivity index (χ1n) is 8.72. The average molecular weight is 400 g/mol. The van der Waals surface area contributed by atoms with E-state index in [0.717, 1.165) is 27.2 Å². The van der Waals surface area contributed by atoms with Crippen LogP contribution in [0.4, 0.5) is 4.39 Å². The predicted octanol–water partition coefficient (Wildman–Crippen LogP) is 4.62. The fourth-order valence-electron chi connectivity index (χ4n) is 3.49. The predicted molar refractivity (Wildman–Crippen MR) is 109 cm³/mol. The van der Waals surface area contributed by atoms with Gasteiger partial charge in [0.15, 0.2) is 11.6 Å². The Morgan fingerprint density at radius 3 is 2.39 bits per heavy atom. The highest BCUT2D eigenvalue weighted by molar-refractivity contribution is 7.84. The summed E-state index contributed by atoms with van der Waals surface area (Å²) in [4.78, 5) is 12.3. The van der Waals surface area contributed by atoms with E-state index in [4.69, 9.17) is 4.74 Å². The van der Waals surface area contributed by atoms with Crippen molar-refractivity contribution in [3.05, 3.63) is 64.5 Å². The highest BCUT2D eigenvalue weighted by atomic mass is 32.2. The summed E-state index contributed by atoms with van der Waals surface area (Å²) in [5.74, 6) is -2.16. The third kappa shape index (κ3) is 3.52. The summed E-state index contributed by atoms with van der Waals surface area (Å²) >= 11 is 0. The molecule has 0 bridgehead atoms. The number of allylic oxidation sites excluding steroid dienone is 2. The van der Waals surface area contributed by atoms with Gasteiger partial charge >= 0.3 is 5.97 Å². The zero-order valence-corrected chi connectivity index (χ0v) is 16.9. The Hall–Kier alpha value is -2.73. The second-order valence-electron chi connectivity index (χ2n) is 6.71. The van der Waals surface area contributed by atoms with E-state index in [-0.39, 0.29) is 5.75 Å². The molecule has 1 aliphatic carbocycles. The zero-order chi connectivity index (χ0) is 20.6. The fourth-order valence-corrected chi connectivity index (χ4v) is 4.01. The van der Waals surface area contributed by atoms with E-state index in [2.05, 4.69) is 0 Å². The molecule has 28 heavy (non-hydrogen) atoms. The van der Waals surface area contributed by atoms with Crippen LogP contribution in [-0.4, -0.2) is 28.7 Å². The third-order valence-electron chi connectivity index (χ3n) is 5.01. The topological polar surface area (TPSA) is 63.6 Å². The molecule has 0 aromatic heterocycles. The van der Waals surface area contributed by atoms with Crippen LogP contribution in [0.25, 0.3) is 17.2 Å². The lowest BCUT2D eigenvalue weighted by Crippen LogP contribution is -2.11. The van der Waals surface area contributed by atoms with Crippen LogP contribution in [0.15, 0.2) is 46.9 Å². The lowest BCUT2D eigenvalue weighted by atomic mass is 9.93. The Labute approximate surface area is 165 Å². The molecule has 0 saturated carbocycles. The van der Waals surface area contributed by atoms with E-state index < -0.39 is 28.5 Å². The molecule has 146 valence electrons. The molecule has 3 rings (SSSR count). The van der Waals surface area contributed by atoms with Crippen LogP contribution >= 0.6 is 0 Å². The highest BCUT2D eigenvalue weighted by Crippen LogP contribution is 2.47. The van der Waals surface area contributed by atoms with Crippen molar-refractivity contribution in [2.24, 2.45) is 5.92 Å². The van der Waals surface area contributed by atoms with E-state index in [1.54, 1.807) is 31.4 Å².